The molecule has 35 heavy (non-hydrogen) atoms. The lowest BCUT2D eigenvalue weighted by Gasteiger charge is -2.10. The molecule has 3 aromatic rings. The van der Waals surface area contributed by atoms with Gasteiger partial charge in [-0.2, -0.15) is 0 Å². The lowest BCUT2D eigenvalue weighted by Crippen LogP contribution is -2.26. The van der Waals surface area contributed by atoms with Crippen molar-refractivity contribution in [2.24, 2.45) is 0 Å². The molecule has 6 heteroatoms. The van der Waals surface area contributed by atoms with Crippen LogP contribution < -0.4 is 14.8 Å². The molecule has 0 saturated carbocycles. The number of benzene rings is 2. The van der Waals surface area contributed by atoms with Crippen LogP contribution in [0.4, 0.5) is 0 Å². The van der Waals surface area contributed by atoms with Gasteiger partial charge in [-0.05, 0) is 49.1 Å². The Morgan fingerprint density at radius 3 is 2.49 bits per heavy atom. The Bertz CT molecular complexity index is 1060. The van der Waals surface area contributed by atoms with Gasteiger partial charge in [0.1, 0.15) is 5.82 Å². The van der Waals surface area contributed by atoms with Crippen LogP contribution in [0.2, 0.25) is 0 Å². The van der Waals surface area contributed by atoms with Crippen molar-refractivity contribution in [2.45, 2.75) is 77.7 Å². The predicted molar refractivity (Wildman–Crippen MR) is 142 cm³/mol. The number of aryl methyl sites for hydroxylation is 2. The topological polar surface area (TPSA) is 65.4 Å². The van der Waals surface area contributed by atoms with Crippen LogP contribution in [-0.4, -0.2) is 36.2 Å². The molecule has 0 fully saturated rings. The van der Waals surface area contributed by atoms with Crippen LogP contribution in [0.15, 0.2) is 42.5 Å². The van der Waals surface area contributed by atoms with Crippen molar-refractivity contribution < 1.29 is 14.3 Å². The van der Waals surface area contributed by atoms with E-state index in [0.717, 1.165) is 43.3 Å². The summed E-state index contributed by atoms with van der Waals surface area (Å²) < 4.78 is 13.0. The first-order valence-corrected chi connectivity index (χ1v) is 13.1. The molecule has 1 aromatic heterocycles. The summed E-state index contributed by atoms with van der Waals surface area (Å²) in [5.41, 5.74) is 3.26. The van der Waals surface area contributed by atoms with Gasteiger partial charge < -0.3 is 19.4 Å². The summed E-state index contributed by atoms with van der Waals surface area (Å²) in [5.74, 6) is 2.53. The molecule has 6 nitrogen and oxygen atoms in total. The quantitative estimate of drug-likeness (QED) is 0.252. The van der Waals surface area contributed by atoms with Gasteiger partial charge in [-0.15, -0.1) is 0 Å². The summed E-state index contributed by atoms with van der Waals surface area (Å²) in [4.78, 5) is 17.3. The van der Waals surface area contributed by atoms with Crippen molar-refractivity contribution in [3.63, 3.8) is 0 Å². The van der Waals surface area contributed by atoms with Crippen LogP contribution >= 0.6 is 0 Å². The maximum atomic E-state index is 12.3. The van der Waals surface area contributed by atoms with Gasteiger partial charge in [0, 0.05) is 19.5 Å². The van der Waals surface area contributed by atoms with Crippen LogP contribution in [0.3, 0.4) is 0 Å². The van der Waals surface area contributed by atoms with Crippen molar-refractivity contribution in [3.05, 3.63) is 53.9 Å². The van der Waals surface area contributed by atoms with Crippen LogP contribution in [0, 0.1) is 0 Å². The van der Waals surface area contributed by atoms with Gasteiger partial charge >= 0.3 is 0 Å². The van der Waals surface area contributed by atoms with Gasteiger partial charge in [0.2, 0.25) is 5.91 Å². The van der Waals surface area contributed by atoms with Gasteiger partial charge in [0.25, 0.3) is 0 Å². The van der Waals surface area contributed by atoms with Crippen molar-refractivity contribution in [1.82, 2.24) is 14.9 Å². The predicted octanol–water partition coefficient (Wildman–Crippen LogP) is 6.10. The fourth-order valence-corrected chi connectivity index (χ4v) is 4.49. The highest BCUT2D eigenvalue weighted by Crippen LogP contribution is 2.27. The third-order valence-electron chi connectivity index (χ3n) is 6.43. The number of ether oxygens (including phenoxy) is 2. The summed E-state index contributed by atoms with van der Waals surface area (Å²) in [7, 11) is 3.21. The van der Waals surface area contributed by atoms with Crippen molar-refractivity contribution in [3.8, 4) is 11.5 Å². The number of aromatic nitrogens is 2. The highest BCUT2D eigenvalue weighted by molar-refractivity contribution is 5.78. The van der Waals surface area contributed by atoms with E-state index >= 15 is 0 Å². The smallest absolute Gasteiger partial charge is 0.224 e. The number of rotatable bonds is 16. The number of para-hydroxylation sites is 2. The number of carbonyl (C=O) groups is 1. The minimum absolute atomic E-state index is 0.0297. The highest BCUT2D eigenvalue weighted by Gasteiger charge is 2.11. The van der Waals surface area contributed by atoms with E-state index in [-0.39, 0.29) is 5.91 Å². The van der Waals surface area contributed by atoms with Gasteiger partial charge in [0.15, 0.2) is 11.5 Å². The van der Waals surface area contributed by atoms with Crippen LogP contribution in [-0.2, 0) is 24.2 Å². The first-order chi connectivity index (χ1) is 17.2. The third-order valence-corrected chi connectivity index (χ3v) is 6.43. The number of methoxy groups -OCH3 is 2. The number of nitrogens with zero attached hydrogens (tertiary/aromatic N) is 2. The average molecular weight is 480 g/mol. The van der Waals surface area contributed by atoms with E-state index < -0.39 is 0 Å². The molecule has 0 saturated heterocycles. The van der Waals surface area contributed by atoms with Gasteiger partial charge in [-0.25, -0.2) is 4.98 Å². The van der Waals surface area contributed by atoms with E-state index in [1.165, 1.54) is 43.4 Å². The molecule has 0 unspecified atom stereocenters. The molecule has 1 N–H and O–H groups in total. The van der Waals surface area contributed by atoms with Crippen molar-refractivity contribution in [1.29, 1.82) is 0 Å². The number of imidazole rings is 1. The lowest BCUT2D eigenvalue weighted by molar-refractivity contribution is -0.120. The second kappa shape index (κ2) is 14.4. The minimum Gasteiger partial charge on any atom is -0.493 e. The van der Waals surface area contributed by atoms with E-state index in [9.17, 15) is 4.79 Å². The van der Waals surface area contributed by atoms with E-state index in [1.54, 1.807) is 14.2 Å². The average Bonchev–Trinajstić information content (AvgIpc) is 3.23. The van der Waals surface area contributed by atoms with Gasteiger partial charge in [-0.3, -0.25) is 4.79 Å². The Kier molecular flexibility index (Phi) is 10.9. The summed E-state index contributed by atoms with van der Waals surface area (Å²) in [6.07, 6.45) is 10.8. The highest BCUT2D eigenvalue weighted by atomic mass is 16.5. The maximum absolute atomic E-state index is 12.3. The number of carbonyl (C=O) groups excluding carboxylic acids is 1. The first-order valence-electron chi connectivity index (χ1n) is 13.1. The molecule has 3 rings (SSSR count). The number of hydrogen-bond acceptors (Lipinski definition) is 4. The fourth-order valence-electron chi connectivity index (χ4n) is 4.49. The normalized spacial score (nSPS) is 11.1. The Morgan fingerprint density at radius 1 is 0.914 bits per heavy atom. The second-order valence-electron chi connectivity index (χ2n) is 9.11. The van der Waals surface area contributed by atoms with Crippen LogP contribution in [0.1, 0.15) is 69.7 Å². The summed E-state index contributed by atoms with van der Waals surface area (Å²) in [5, 5.41) is 3.04. The zero-order valence-corrected chi connectivity index (χ0v) is 21.6. The zero-order valence-electron chi connectivity index (χ0n) is 21.6. The molecule has 0 aliphatic rings. The zero-order chi connectivity index (χ0) is 24.9. The van der Waals surface area contributed by atoms with Crippen LogP contribution in [0.25, 0.3) is 11.0 Å². The first kappa shape index (κ1) is 26.6. The lowest BCUT2D eigenvalue weighted by atomic mass is 10.1. The van der Waals surface area contributed by atoms with E-state index in [2.05, 4.69) is 41.1 Å². The largest absolute Gasteiger partial charge is 0.493 e. The van der Waals surface area contributed by atoms with Crippen molar-refractivity contribution in [2.75, 3.05) is 20.8 Å². The Labute approximate surface area is 210 Å². The molecule has 0 spiro atoms. The molecular weight excluding hydrogens is 438 g/mol. The molecular formula is C29H41N3O3. The molecule has 0 aliphatic carbocycles. The van der Waals surface area contributed by atoms with E-state index in [1.807, 2.05) is 18.2 Å². The summed E-state index contributed by atoms with van der Waals surface area (Å²) >= 11 is 0. The Balaban J connectivity index is 1.41. The van der Waals surface area contributed by atoms with Gasteiger partial charge in [-0.1, -0.05) is 57.2 Å². The molecule has 1 heterocycles. The summed E-state index contributed by atoms with van der Waals surface area (Å²) in [6, 6.07) is 14.1. The monoisotopic (exact) mass is 479 g/mol. The van der Waals surface area contributed by atoms with Gasteiger partial charge in [0.05, 0.1) is 31.7 Å². The maximum Gasteiger partial charge on any atom is 0.224 e. The summed E-state index contributed by atoms with van der Waals surface area (Å²) in [6.45, 7) is 4.00. The standard InChI is InChI=1S/C29H41N3O3/c1-4-5-6-7-13-20-32-25-15-11-10-14-24(25)31-28(32)16-9-8-12-19-30-29(33)22-23-17-18-26(34-2)27(21-23)35-3/h10-11,14-15,17-18,21H,4-9,12-13,16,19-20,22H2,1-3H3,(H,30,33). The molecule has 2 aromatic carbocycles. The Hall–Kier alpha value is -3.02. The van der Waals surface area contributed by atoms with E-state index in [0.29, 0.717) is 24.5 Å². The number of unbranched alkanes of at least 4 members (excludes halogenated alkanes) is 6. The molecule has 0 bridgehead atoms. The third kappa shape index (κ3) is 8.01. The molecule has 0 aliphatic heterocycles. The number of amides is 1. The number of nitrogens with one attached hydrogen (secondary N) is 1. The Morgan fingerprint density at radius 2 is 1.69 bits per heavy atom. The SMILES string of the molecule is CCCCCCCn1c(CCCCCNC(=O)Cc2ccc(OC)c(OC)c2)nc2ccccc21. The fraction of sp³-hybridized carbons (Fsp3) is 0.517. The van der Waals surface area contributed by atoms with E-state index in [4.69, 9.17) is 14.5 Å². The minimum atomic E-state index is 0.0297. The number of hydrogen-bond donors (Lipinski definition) is 1. The second-order valence-corrected chi connectivity index (χ2v) is 9.11. The van der Waals surface area contributed by atoms with Crippen molar-refractivity contribution >= 4 is 16.9 Å². The molecule has 0 radical (unpaired) electrons. The van der Waals surface area contributed by atoms with Crippen LogP contribution in [0.5, 0.6) is 11.5 Å². The molecule has 1 amide bonds. The molecule has 190 valence electrons. The molecule has 0 atom stereocenters. The number of fused-ring (bicyclic) bond motifs is 1.